The summed E-state index contributed by atoms with van der Waals surface area (Å²) in [5.74, 6) is -0.555. The summed E-state index contributed by atoms with van der Waals surface area (Å²) >= 11 is 0. The molecule has 1 aromatic carbocycles. The maximum atomic E-state index is 12.8. The molecule has 2 N–H and O–H groups in total. The molecule has 0 aliphatic rings. The zero-order valence-electron chi connectivity index (χ0n) is 8.69. The predicted molar refractivity (Wildman–Crippen MR) is 59.1 cm³/mol. The highest BCUT2D eigenvalue weighted by Crippen LogP contribution is 2.02. The first-order valence-electron chi connectivity index (χ1n) is 4.88. The Labute approximate surface area is 94.2 Å². The summed E-state index contributed by atoms with van der Waals surface area (Å²) in [5, 5.41) is 2.96. The lowest BCUT2D eigenvalue weighted by Crippen LogP contribution is -2.18. The molecule has 6 heteroatoms. The molecule has 0 aliphatic carbocycles. The zero-order chi connectivity index (χ0) is 12.0. The van der Waals surface area contributed by atoms with Crippen LogP contribution in [0.4, 0.5) is 4.39 Å². The van der Waals surface area contributed by atoms with Crippen LogP contribution in [0.2, 0.25) is 0 Å². The molecule has 0 atom stereocenters. The molecule has 0 radical (unpaired) electrons. The maximum absolute atomic E-state index is 12.8. The van der Waals surface area contributed by atoms with Gasteiger partial charge in [-0.3, -0.25) is 4.55 Å². The van der Waals surface area contributed by atoms with Crippen molar-refractivity contribution in [3.05, 3.63) is 35.6 Å². The Bertz CT molecular complexity index is 433. The van der Waals surface area contributed by atoms with Crippen LogP contribution >= 0.6 is 0 Å². The lowest BCUT2D eigenvalue weighted by Gasteiger charge is -2.04. The third kappa shape index (κ3) is 5.79. The van der Waals surface area contributed by atoms with E-state index in [1.54, 1.807) is 12.1 Å². The van der Waals surface area contributed by atoms with Gasteiger partial charge in [-0.05, 0) is 30.7 Å². The Morgan fingerprint density at radius 2 is 2.12 bits per heavy atom. The molecule has 0 bridgehead atoms. The van der Waals surface area contributed by atoms with Crippen molar-refractivity contribution >= 4 is 10.1 Å². The molecule has 90 valence electrons. The summed E-state index contributed by atoms with van der Waals surface area (Å²) in [6.07, 6.45) is 0.328. The fraction of sp³-hybridized carbons (Fsp3) is 0.400. The van der Waals surface area contributed by atoms with E-state index < -0.39 is 10.1 Å². The largest absolute Gasteiger partial charge is 0.313 e. The van der Waals surface area contributed by atoms with Gasteiger partial charge in [0.25, 0.3) is 10.1 Å². The quantitative estimate of drug-likeness (QED) is 0.585. The SMILES string of the molecule is O=S(=O)(O)CCCNCc1cccc(F)c1. The van der Waals surface area contributed by atoms with Crippen LogP contribution in [-0.2, 0) is 16.7 Å². The van der Waals surface area contributed by atoms with Crippen molar-refractivity contribution in [2.24, 2.45) is 0 Å². The zero-order valence-corrected chi connectivity index (χ0v) is 9.50. The molecule has 0 aromatic heterocycles. The third-order valence-electron chi connectivity index (χ3n) is 1.97. The maximum Gasteiger partial charge on any atom is 0.264 e. The number of halogens is 1. The molecular formula is C10H14FNO3S. The normalized spacial score (nSPS) is 11.6. The van der Waals surface area contributed by atoms with E-state index in [1.165, 1.54) is 12.1 Å². The summed E-state index contributed by atoms with van der Waals surface area (Å²) in [6.45, 7) is 0.930. The van der Waals surface area contributed by atoms with E-state index >= 15 is 0 Å². The molecule has 4 nitrogen and oxygen atoms in total. The molecule has 0 saturated heterocycles. The molecule has 1 aromatic rings. The summed E-state index contributed by atoms with van der Waals surface area (Å²) in [5.41, 5.74) is 0.798. The van der Waals surface area contributed by atoms with Crippen LogP contribution in [0, 0.1) is 5.82 Å². The Morgan fingerprint density at radius 3 is 2.75 bits per heavy atom. The average molecular weight is 247 g/mol. The second-order valence-electron chi connectivity index (χ2n) is 3.45. The van der Waals surface area contributed by atoms with E-state index in [0.29, 0.717) is 19.5 Å². The van der Waals surface area contributed by atoms with E-state index in [4.69, 9.17) is 4.55 Å². The predicted octanol–water partition coefficient (Wildman–Crippen LogP) is 1.19. The van der Waals surface area contributed by atoms with Crippen molar-refractivity contribution in [1.29, 1.82) is 0 Å². The van der Waals surface area contributed by atoms with Gasteiger partial charge in [-0.15, -0.1) is 0 Å². The monoisotopic (exact) mass is 247 g/mol. The van der Waals surface area contributed by atoms with Gasteiger partial charge in [-0.2, -0.15) is 8.42 Å². The Hall–Kier alpha value is -0.980. The van der Waals surface area contributed by atoms with Crippen LogP contribution < -0.4 is 5.32 Å². The third-order valence-corrected chi connectivity index (χ3v) is 2.78. The van der Waals surface area contributed by atoms with Gasteiger partial charge in [0, 0.05) is 6.54 Å². The van der Waals surface area contributed by atoms with Gasteiger partial charge in [0.1, 0.15) is 5.82 Å². The standard InChI is InChI=1S/C10H14FNO3S/c11-10-4-1-3-9(7-10)8-12-5-2-6-16(13,14)15/h1,3-4,7,12H,2,5-6,8H2,(H,13,14,15). The van der Waals surface area contributed by atoms with Crippen molar-refractivity contribution in [1.82, 2.24) is 5.32 Å². The summed E-state index contributed by atoms with van der Waals surface area (Å²) in [7, 11) is -3.88. The van der Waals surface area contributed by atoms with Gasteiger partial charge in [0.2, 0.25) is 0 Å². The molecular weight excluding hydrogens is 233 g/mol. The van der Waals surface area contributed by atoms with Gasteiger partial charge >= 0.3 is 0 Å². The lowest BCUT2D eigenvalue weighted by molar-refractivity contribution is 0.479. The number of rotatable bonds is 6. The highest BCUT2D eigenvalue weighted by Gasteiger charge is 2.02. The lowest BCUT2D eigenvalue weighted by atomic mass is 10.2. The highest BCUT2D eigenvalue weighted by atomic mass is 32.2. The van der Waals surface area contributed by atoms with Crippen molar-refractivity contribution in [2.45, 2.75) is 13.0 Å². The first-order valence-corrected chi connectivity index (χ1v) is 6.48. The average Bonchev–Trinajstić information content (AvgIpc) is 2.15. The summed E-state index contributed by atoms with van der Waals surface area (Å²) in [4.78, 5) is 0. The second kappa shape index (κ2) is 5.93. The van der Waals surface area contributed by atoms with E-state index in [0.717, 1.165) is 5.56 Å². The van der Waals surface area contributed by atoms with Crippen LogP contribution in [0.5, 0.6) is 0 Å². The van der Waals surface area contributed by atoms with Crippen LogP contribution in [0.25, 0.3) is 0 Å². The summed E-state index contributed by atoms with van der Waals surface area (Å²) < 4.78 is 42.0. The molecule has 0 aliphatic heterocycles. The molecule has 16 heavy (non-hydrogen) atoms. The number of hydrogen-bond acceptors (Lipinski definition) is 3. The van der Waals surface area contributed by atoms with Gasteiger partial charge in [0.05, 0.1) is 5.75 Å². The minimum Gasteiger partial charge on any atom is -0.313 e. The molecule has 0 unspecified atom stereocenters. The van der Waals surface area contributed by atoms with Gasteiger partial charge in [-0.25, -0.2) is 4.39 Å². The molecule has 0 saturated carbocycles. The van der Waals surface area contributed by atoms with Crippen LogP contribution in [0.1, 0.15) is 12.0 Å². The number of hydrogen-bond donors (Lipinski definition) is 2. The first kappa shape index (κ1) is 13.1. The van der Waals surface area contributed by atoms with Crippen LogP contribution in [0.15, 0.2) is 24.3 Å². The molecule has 1 rings (SSSR count). The summed E-state index contributed by atoms with van der Waals surface area (Å²) in [6, 6.07) is 6.17. The van der Waals surface area contributed by atoms with E-state index in [2.05, 4.69) is 5.32 Å². The molecule has 0 amide bonds. The van der Waals surface area contributed by atoms with Gasteiger partial charge in [-0.1, -0.05) is 12.1 Å². The van der Waals surface area contributed by atoms with Crippen molar-refractivity contribution < 1.29 is 17.4 Å². The van der Waals surface area contributed by atoms with Crippen molar-refractivity contribution in [2.75, 3.05) is 12.3 Å². The van der Waals surface area contributed by atoms with Gasteiger partial charge < -0.3 is 5.32 Å². The first-order chi connectivity index (χ1) is 7.47. The van der Waals surface area contributed by atoms with Crippen LogP contribution in [-0.4, -0.2) is 25.3 Å². The van der Waals surface area contributed by atoms with E-state index in [1.807, 2.05) is 0 Å². The Balaban J connectivity index is 2.21. The van der Waals surface area contributed by atoms with Crippen LogP contribution in [0.3, 0.4) is 0 Å². The number of benzene rings is 1. The van der Waals surface area contributed by atoms with E-state index in [-0.39, 0.29) is 11.6 Å². The molecule has 0 spiro atoms. The fourth-order valence-corrected chi connectivity index (χ4v) is 1.77. The smallest absolute Gasteiger partial charge is 0.264 e. The Kier molecular flexibility index (Phi) is 4.85. The molecule has 0 heterocycles. The Morgan fingerprint density at radius 1 is 1.38 bits per heavy atom. The van der Waals surface area contributed by atoms with Crippen molar-refractivity contribution in [3.8, 4) is 0 Å². The van der Waals surface area contributed by atoms with Crippen molar-refractivity contribution in [3.63, 3.8) is 0 Å². The molecule has 0 fully saturated rings. The minimum absolute atomic E-state index is 0.261. The topological polar surface area (TPSA) is 66.4 Å². The number of nitrogens with one attached hydrogen (secondary N) is 1. The fourth-order valence-electron chi connectivity index (χ4n) is 1.26. The second-order valence-corrected chi connectivity index (χ2v) is 5.02. The minimum atomic E-state index is -3.88. The van der Waals surface area contributed by atoms with Gasteiger partial charge in [0.15, 0.2) is 0 Å². The highest BCUT2D eigenvalue weighted by molar-refractivity contribution is 7.85. The van der Waals surface area contributed by atoms with E-state index in [9.17, 15) is 12.8 Å².